The molecule has 0 aromatic carbocycles. The van der Waals surface area contributed by atoms with E-state index < -0.39 is 11.7 Å². The highest BCUT2D eigenvalue weighted by Gasteiger charge is 2.24. The normalized spacial score (nSPS) is 14.0. The van der Waals surface area contributed by atoms with E-state index in [-0.39, 0.29) is 0 Å². The van der Waals surface area contributed by atoms with Crippen molar-refractivity contribution in [2.24, 2.45) is 0 Å². The summed E-state index contributed by atoms with van der Waals surface area (Å²) in [6.45, 7) is 1.49. The van der Waals surface area contributed by atoms with Crippen molar-refractivity contribution in [3.8, 4) is 0 Å². The zero-order chi connectivity index (χ0) is 7.49. The van der Waals surface area contributed by atoms with Gasteiger partial charge in [-0.25, -0.2) is 0 Å². The zero-order valence-electron chi connectivity index (χ0n) is 5.42. The van der Waals surface area contributed by atoms with Gasteiger partial charge in [0.2, 0.25) is 0 Å². The average molecular weight is 133 g/mol. The molecule has 0 aliphatic rings. The van der Waals surface area contributed by atoms with Crippen LogP contribution in [0.15, 0.2) is 11.8 Å². The van der Waals surface area contributed by atoms with E-state index in [0.29, 0.717) is 0 Å². The Labute approximate surface area is 53.4 Å². The third-order valence-corrected chi connectivity index (χ3v) is 0.979. The van der Waals surface area contributed by atoms with E-state index in [2.05, 4.69) is 5.32 Å². The molecule has 0 bridgehead atoms. The minimum absolute atomic E-state index is 0.509. The first-order valence-electron chi connectivity index (χ1n) is 2.54. The van der Waals surface area contributed by atoms with Gasteiger partial charge in [-0.2, -0.15) is 0 Å². The minimum Gasteiger partial charge on any atom is -0.506 e. The van der Waals surface area contributed by atoms with Crippen LogP contribution in [-0.2, 0) is 0 Å². The van der Waals surface area contributed by atoms with Crippen LogP contribution in [0.2, 0.25) is 0 Å². The quantitative estimate of drug-likeness (QED) is 0.297. The summed E-state index contributed by atoms with van der Waals surface area (Å²) >= 11 is 0. The molecule has 0 aliphatic carbocycles. The summed E-state index contributed by atoms with van der Waals surface area (Å²) in [5.41, 5.74) is 0. The van der Waals surface area contributed by atoms with E-state index in [1.54, 1.807) is 0 Å². The van der Waals surface area contributed by atoms with E-state index in [1.165, 1.54) is 20.0 Å². The molecule has 9 heavy (non-hydrogen) atoms. The van der Waals surface area contributed by atoms with Gasteiger partial charge in [-0.1, -0.05) is 0 Å². The van der Waals surface area contributed by atoms with Gasteiger partial charge in [0.05, 0.1) is 0 Å². The molecule has 0 unspecified atom stereocenters. The Balaban J connectivity index is 4.14. The summed E-state index contributed by atoms with van der Waals surface area (Å²) in [6, 6.07) is 0. The van der Waals surface area contributed by atoms with Gasteiger partial charge in [0.15, 0.2) is 5.76 Å². The molecular formula is C5H11NO3. The lowest BCUT2D eigenvalue weighted by Crippen LogP contribution is -2.44. The fourth-order valence-corrected chi connectivity index (χ4v) is 0.329. The Morgan fingerprint density at radius 2 is 2.00 bits per heavy atom. The van der Waals surface area contributed by atoms with Crippen molar-refractivity contribution in [3.63, 3.8) is 0 Å². The maximum Gasteiger partial charge on any atom is 0.283 e. The van der Waals surface area contributed by atoms with Gasteiger partial charge in [-0.05, 0) is 20.0 Å². The second-order valence-corrected chi connectivity index (χ2v) is 1.60. The number of hydrogen-bond acceptors (Lipinski definition) is 4. The number of nitrogens with one attached hydrogen (secondary N) is 1. The number of allylic oxidation sites excluding steroid dienone is 1. The molecule has 0 aromatic heterocycles. The van der Waals surface area contributed by atoms with E-state index in [0.717, 1.165) is 0 Å². The first kappa shape index (κ1) is 8.42. The summed E-state index contributed by atoms with van der Waals surface area (Å²) in [5, 5.41) is 28.2. The number of likely N-dealkylation sites (N-methyl/N-ethyl adjacent to an activating group) is 1. The lowest BCUT2D eigenvalue weighted by molar-refractivity contribution is -0.171. The van der Waals surface area contributed by atoms with Gasteiger partial charge >= 0.3 is 0 Å². The highest BCUT2D eigenvalue weighted by atomic mass is 16.5. The maximum atomic E-state index is 8.72. The van der Waals surface area contributed by atoms with Gasteiger partial charge in [0.25, 0.3) is 5.91 Å². The molecule has 0 spiro atoms. The first-order chi connectivity index (χ1) is 4.04. The van der Waals surface area contributed by atoms with E-state index >= 15 is 0 Å². The molecule has 0 heterocycles. The molecule has 0 saturated heterocycles. The topological polar surface area (TPSA) is 72.7 Å². The standard InChI is InChI=1S/C5H11NO3/c1-3-4(7)5(8,9)6-2/h3,6-9H,1-2H3/b4-3-. The van der Waals surface area contributed by atoms with Crippen molar-refractivity contribution >= 4 is 0 Å². The fraction of sp³-hybridized carbons (Fsp3) is 0.600. The van der Waals surface area contributed by atoms with Gasteiger partial charge in [0.1, 0.15) is 0 Å². The largest absolute Gasteiger partial charge is 0.506 e. The maximum absolute atomic E-state index is 8.72. The van der Waals surface area contributed by atoms with Gasteiger partial charge in [-0.3, -0.25) is 5.32 Å². The highest BCUT2D eigenvalue weighted by Crippen LogP contribution is 2.03. The van der Waals surface area contributed by atoms with Crippen LogP contribution in [-0.4, -0.2) is 28.3 Å². The summed E-state index contributed by atoms with van der Waals surface area (Å²) in [4.78, 5) is 0. The number of rotatable bonds is 2. The molecule has 0 saturated carbocycles. The minimum atomic E-state index is -2.28. The smallest absolute Gasteiger partial charge is 0.283 e. The molecule has 4 heteroatoms. The van der Waals surface area contributed by atoms with Crippen molar-refractivity contribution in [2.45, 2.75) is 12.8 Å². The van der Waals surface area contributed by atoms with Crippen LogP contribution >= 0.6 is 0 Å². The SMILES string of the molecule is C/C=C(\O)C(O)(O)NC. The number of aliphatic hydroxyl groups is 3. The lowest BCUT2D eigenvalue weighted by atomic mass is 10.3. The van der Waals surface area contributed by atoms with Crippen LogP contribution in [0, 0.1) is 0 Å². The van der Waals surface area contributed by atoms with Crippen molar-refractivity contribution in [1.29, 1.82) is 0 Å². The van der Waals surface area contributed by atoms with Crippen LogP contribution in [0.3, 0.4) is 0 Å². The van der Waals surface area contributed by atoms with Crippen LogP contribution in [0.25, 0.3) is 0 Å². The molecule has 4 N–H and O–H groups in total. The number of hydrogen-bond donors (Lipinski definition) is 4. The molecule has 0 fully saturated rings. The van der Waals surface area contributed by atoms with Crippen LogP contribution < -0.4 is 5.32 Å². The molecule has 0 radical (unpaired) electrons. The summed E-state index contributed by atoms with van der Waals surface area (Å²) < 4.78 is 0. The summed E-state index contributed by atoms with van der Waals surface area (Å²) in [7, 11) is 1.32. The molecule has 0 aromatic rings. The second-order valence-electron chi connectivity index (χ2n) is 1.60. The molecule has 54 valence electrons. The molecule has 0 amide bonds. The van der Waals surface area contributed by atoms with Crippen LogP contribution in [0.5, 0.6) is 0 Å². The second kappa shape index (κ2) is 2.82. The lowest BCUT2D eigenvalue weighted by Gasteiger charge is -2.18. The van der Waals surface area contributed by atoms with E-state index in [1.807, 2.05) is 0 Å². The third-order valence-electron chi connectivity index (χ3n) is 0.979. The molecule has 0 atom stereocenters. The Hall–Kier alpha value is -0.580. The van der Waals surface area contributed by atoms with Crippen LogP contribution in [0.4, 0.5) is 0 Å². The monoisotopic (exact) mass is 133 g/mol. The van der Waals surface area contributed by atoms with E-state index in [4.69, 9.17) is 15.3 Å². The third kappa shape index (κ3) is 2.01. The van der Waals surface area contributed by atoms with E-state index in [9.17, 15) is 0 Å². The molecule has 0 aliphatic heterocycles. The Bertz CT molecular complexity index is 119. The molecule has 0 rings (SSSR count). The van der Waals surface area contributed by atoms with Gasteiger partial charge < -0.3 is 15.3 Å². The fourth-order valence-electron chi connectivity index (χ4n) is 0.329. The Kier molecular flexibility index (Phi) is 2.64. The zero-order valence-corrected chi connectivity index (χ0v) is 5.42. The predicted octanol–water partition coefficient (Wildman–Crippen LogP) is -0.694. The Morgan fingerprint density at radius 3 is 2.11 bits per heavy atom. The van der Waals surface area contributed by atoms with Crippen molar-refractivity contribution in [3.05, 3.63) is 11.8 Å². The Morgan fingerprint density at radius 1 is 1.56 bits per heavy atom. The molecule has 4 nitrogen and oxygen atoms in total. The van der Waals surface area contributed by atoms with Crippen molar-refractivity contribution < 1.29 is 15.3 Å². The van der Waals surface area contributed by atoms with Crippen LogP contribution in [0.1, 0.15) is 6.92 Å². The average Bonchev–Trinajstić information content (AvgIpc) is 1.86. The van der Waals surface area contributed by atoms with Gasteiger partial charge in [-0.15, -0.1) is 0 Å². The highest BCUT2D eigenvalue weighted by molar-refractivity contribution is 4.98. The summed E-state index contributed by atoms with van der Waals surface area (Å²) in [5.74, 6) is -2.79. The van der Waals surface area contributed by atoms with Crippen molar-refractivity contribution in [2.75, 3.05) is 7.05 Å². The first-order valence-corrected chi connectivity index (χ1v) is 2.54. The predicted molar refractivity (Wildman–Crippen MR) is 32.6 cm³/mol. The van der Waals surface area contributed by atoms with Crippen molar-refractivity contribution in [1.82, 2.24) is 5.32 Å². The number of aliphatic hydroxyl groups excluding tert-OH is 1. The van der Waals surface area contributed by atoms with Gasteiger partial charge in [0, 0.05) is 0 Å². The summed E-state index contributed by atoms with van der Waals surface area (Å²) in [6.07, 6.45) is 1.19. The molecular weight excluding hydrogens is 122 g/mol.